The van der Waals surface area contributed by atoms with Gasteiger partial charge in [-0.1, -0.05) is 23.7 Å². The van der Waals surface area contributed by atoms with E-state index >= 15 is 0 Å². The third kappa shape index (κ3) is 2.58. The number of hydrogen-bond donors (Lipinski definition) is 1. The quantitative estimate of drug-likeness (QED) is 0.926. The van der Waals surface area contributed by atoms with Gasteiger partial charge >= 0.3 is 0 Å². The number of fused-ring (bicyclic) bond motifs is 1. The van der Waals surface area contributed by atoms with Crippen LogP contribution in [0.3, 0.4) is 0 Å². The van der Waals surface area contributed by atoms with Crippen LogP contribution in [0.5, 0.6) is 11.5 Å². The van der Waals surface area contributed by atoms with Crippen LogP contribution in [0.1, 0.15) is 5.56 Å². The molecular weight excluding hydrogens is 269 g/mol. The molecule has 0 unspecified atom stereocenters. The molecule has 0 atom stereocenters. The van der Waals surface area contributed by atoms with Gasteiger partial charge in [0.15, 0.2) is 11.5 Å². The first kappa shape index (κ1) is 12.1. The van der Waals surface area contributed by atoms with E-state index < -0.39 is 0 Å². The molecule has 0 aromatic heterocycles. The van der Waals surface area contributed by atoms with Crippen LogP contribution in [0.2, 0.25) is 5.02 Å². The third-order valence-corrected chi connectivity index (χ3v) is 3.04. The average molecular weight is 280 g/mol. The van der Waals surface area contributed by atoms with Crippen LogP contribution in [-0.4, -0.2) is 6.79 Å². The van der Waals surface area contributed by atoms with Gasteiger partial charge in [-0.2, -0.15) is 0 Å². The lowest BCUT2D eigenvalue weighted by Gasteiger charge is -2.09. The zero-order valence-corrected chi connectivity index (χ0v) is 10.7. The Balaban J connectivity index is 1.78. The maximum atomic E-state index is 13.2. The molecule has 3 rings (SSSR count). The Bertz CT molecular complexity index is 598. The van der Waals surface area contributed by atoms with E-state index in [2.05, 4.69) is 5.32 Å². The number of halogens is 2. The number of benzene rings is 2. The van der Waals surface area contributed by atoms with Crippen molar-refractivity contribution in [1.82, 2.24) is 0 Å². The normalized spacial score (nSPS) is 12.5. The van der Waals surface area contributed by atoms with Crippen LogP contribution >= 0.6 is 11.6 Å². The molecule has 0 aliphatic carbocycles. The largest absolute Gasteiger partial charge is 0.454 e. The zero-order valence-electron chi connectivity index (χ0n) is 9.95. The van der Waals surface area contributed by atoms with Gasteiger partial charge in [-0.3, -0.25) is 0 Å². The fourth-order valence-corrected chi connectivity index (χ4v) is 2.20. The standard InChI is InChI=1S/C14H11ClFNO2/c15-10-4-11(16)6-12(5-10)17-7-9-2-1-3-13-14(9)19-8-18-13/h1-6,17H,7-8H2. The number of hydrogen-bond acceptors (Lipinski definition) is 3. The Morgan fingerprint density at radius 3 is 2.95 bits per heavy atom. The molecule has 0 saturated carbocycles. The van der Waals surface area contributed by atoms with Gasteiger partial charge in [-0.15, -0.1) is 0 Å². The highest BCUT2D eigenvalue weighted by molar-refractivity contribution is 6.30. The SMILES string of the molecule is Fc1cc(Cl)cc(NCc2cccc3c2OCO3)c1. The molecule has 0 fully saturated rings. The molecule has 0 spiro atoms. The van der Waals surface area contributed by atoms with Crippen LogP contribution < -0.4 is 14.8 Å². The van der Waals surface area contributed by atoms with Gasteiger partial charge in [0.25, 0.3) is 0 Å². The Kier molecular flexibility index (Phi) is 3.17. The third-order valence-electron chi connectivity index (χ3n) is 2.82. The van der Waals surface area contributed by atoms with E-state index in [0.29, 0.717) is 17.3 Å². The van der Waals surface area contributed by atoms with Crippen molar-refractivity contribution in [2.24, 2.45) is 0 Å². The molecule has 0 radical (unpaired) electrons. The first-order valence-corrected chi connectivity index (χ1v) is 6.17. The minimum Gasteiger partial charge on any atom is -0.454 e. The second-order valence-electron chi connectivity index (χ2n) is 4.16. The monoisotopic (exact) mass is 279 g/mol. The fraction of sp³-hybridized carbons (Fsp3) is 0.143. The molecule has 1 N–H and O–H groups in total. The summed E-state index contributed by atoms with van der Waals surface area (Å²) in [6.07, 6.45) is 0. The average Bonchev–Trinajstić information content (AvgIpc) is 2.83. The van der Waals surface area contributed by atoms with Crippen LogP contribution in [-0.2, 0) is 6.54 Å². The summed E-state index contributed by atoms with van der Waals surface area (Å²) >= 11 is 5.80. The highest BCUT2D eigenvalue weighted by atomic mass is 35.5. The topological polar surface area (TPSA) is 30.5 Å². The Hall–Kier alpha value is -1.94. The van der Waals surface area contributed by atoms with Crippen molar-refractivity contribution in [3.05, 3.63) is 52.8 Å². The molecular formula is C14H11ClFNO2. The summed E-state index contributed by atoms with van der Waals surface area (Å²) in [5, 5.41) is 3.47. The maximum absolute atomic E-state index is 13.2. The van der Waals surface area contributed by atoms with Crippen molar-refractivity contribution in [2.75, 3.05) is 12.1 Å². The van der Waals surface area contributed by atoms with E-state index in [1.54, 1.807) is 6.07 Å². The van der Waals surface area contributed by atoms with Gasteiger partial charge in [0, 0.05) is 22.8 Å². The predicted molar refractivity (Wildman–Crippen MR) is 71.3 cm³/mol. The lowest BCUT2D eigenvalue weighted by Crippen LogP contribution is -2.01. The highest BCUT2D eigenvalue weighted by Gasteiger charge is 2.16. The maximum Gasteiger partial charge on any atom is 0.231 e. The van der Waals surface area contributed by atoms with Crippen molar-refractivity contribution < 1.29 is 13.9 Å². The summed E-state index contributed by atoms with van der Waals surface area (Å²) in [6, 6.07) is 10.0. The van der Waals surface area contributed by atoms with E-state index in [0.717, 1.165) is 17.1 Å². The molecule has 1 aliphatic rings. The second-order valence-corrected chi connectivity index (χ2v) is 4.60. The van der Waals surface area contributed by atoms with Crippen LogP contribution in [0.25, 0.3) is 0 Å². The van der Waals surface area contributed by atoms with Gasteiger partial charge in [0.2, 0.25) is 6.79 Å². The lowest BCUT2D eigenvalue weighted by atomic mass is 10.2. The predicted octanol–water partition coefficient (Wildman–Crippen LogP) is 3.82. The van der Waals surface area contributed by atoms with Gasteiger partial charge in [-0.25, -0.2) is 4.39 Å². The van der Waals surface area contributed by atoms with Crippen molar-refractivity contribution >= 4 is 17.3 Å². The first-order valence-electron chi connectivity index (χ1n) is 5.80. The molecule has 2 aromatic rings. The summed E-state index contributed by atoms with van der Waals surface area (Å²) in [7, 11) is 0. The number of nitrogens with one attached hydrogen (secondary N) is 1. The molecule has 5 heteroatoms. The minimum atomic E-state index is -0.368. The molecule has 0 bridgehead atoms. The zero-order chi connectivity index (χ0) is 13.2. The van der Waals surface area contributed by atoms with Gasteiger partial charge in [0.05, 0.1) is 0 Å². The summed E-state index contributed by atoms with van der Waals surface area (Å²) in [4.78, 5) is 0. The summed E-state index contributed by atoms with van der Waals surface area (Å²) in [6.45, 7) is 0.741. The van der Waals surface area contributed by atoms with E-state index in [4.69, 9.17) is 21.1 Å². The second kappa shape index (κ2) is 4.97. The Labute approximate surface area is 114 Å². The highest BCUT2D eigenvalue weighted by Crippen LogP contribution is 2.35. The fourth-order valence-electron chi connectivity index (χ4n) is 1.98. The molecule has 0 saturated heterocycles. The van der Waals surface area contributed by atoms with Gasteiger partial charge in [-0.05, 0) is 24.3 Å². The minimum absolute atomic E-state index is 0.234. The number of rotatable bonds is 3. The molecule has 0 amide bonds. The van der Waals surface area contributed by atoms with Gasteiger partial charge in [0.1, 0.15) is 5.82 Å². The smallest absolute Gasteiger partial charge is 0.231 e. The van der Waals surface area contributed by atoms with Crippen molar-refractivity contribution in [3.63, 3.8) is 0 Å². The summed E-state index contributed by atoms with van der Waals surface area (Å²) in [5.74, 6) is 1.10. The lowest BCUT2D eigenvalue weighted by molar-refractivity contribution is 0.173. The molecule has 3 nitrogen and oxygen atoms in total. The molecule has 2 aromatic carbocycles. The number of ether oxygens (including phenoxy) is 2. The van der Waals surface area contributed by atoms with E-state index in [1.807, 2.05) is 18.2 Å². The van der Waals surface area contributed by atoms with E-state index in [-0.39, 0.29) is 12.6 Å². The molecule has 19 heavy (non-hydrogen) atoms. The Morgan fingerprint density at radius 2 is 2.11 bits per heavy atom. The van der Waals surface area contributed by atoms with Crippen LogP contribution in [0.15, 0.2) is 36.4 Å². The molecule has 1 heterocycles. The summed E-state index contributed by atoms with van der Waals surface area (Å²) < 4.78 is 23.9. The number of para-hydroxylation sites is 1. The molecule has 1 aliphatic heterocycles. The summed E-state index contributed by atoms with van der Waals surface area (Å²) in [5.41, 5.74) is 1.58. The first-order chi connectivity index (χ1) is 9.22. The molecule has 98 valence electrons. The van der Waals surface area contributed by atoms with Gasteiger partial charge < -0.3 is 14.8 Å². The van der Waals surface area contributed by atoms with Crippen LogP contribution in [0, 0.1) is 5.82 Å². The van der Waals surface area contributed by atoms with Crippen molar-refractivity contribution in [2.45, 2.75) is 6.54 Å². The van der Waals surface area contributed by atoms with E-state index in [1.165, 1.54) is 12.1 Å². The Morgan fingerprint density at radius 1 is 1.21 bits per heavy atom. The van der Waals surface area contributed by atoms with Crippen molar-refractivity contribution in [1.29, 1.82) is 0 Å². The van der Waals surface area contributed by atoms with E-state index in [9.17, 15) is 4.39 Å². The van der Waals surface area contributed by atoms with Crippen LogP contribution in [0.4, 0.5) is 10.1 Å². The van der Waals surface area contributed by atoms with Crippen molar-refractivity contribution in [3.8, 4) is 11.5 Å². The number of anilines is 1.